The van der Waals surface area contributed by atoms with E-state index in [9.17, 15) is 4.79 Å². The van der Waals surface area contributed by atoms with Crippen LogP contribution in [0.1, 0.15) is 24.8 Å². The molecule has 0 unspecified atom stereocenters. The van der Waals surface area contributed by atoms with E-state index < -0.39 is 0 Å². The van der Waals surface area contributed by atoms with Crippen LogP contribution in [0.25, 0.3) is 11.3 Å². The third-order valence-electron chi connectivity index (χ3n) is 8.13. The van der Waals surface area contributed by atoms with E-state index in [0.29, 0.717) is 11.4 Å². The Morgan fingerprint density at radius 2 is 1.86 bits per heavy atom. The van der Waals surface area contributed by atoms with Crippen molar-refractivity contribution in [2.75, 3.05) is 50.4 Å². The van der Waals surface area contributed by atoms with Crippen molar-refractivity contribution < 1.29 is 4.79 Å². The molecule has 0 radical (unpaired) electrons. The third-order valence-corrected chi connectivity index (χ3v) is 8.13. The van der Waals surface area contributed by atoms with Gasteiger partial charge in [0.05, 0.1) is 11.1 Å². The average molecular weight is 484 g/mol. The molecule has 3 aromatic rings. The summed E-state index contributed by atoms with van der Waals surface area (Å²) in [6.45, 7) is 7.75. The fraction of sp³-hybridized carbons (Fsp3) is 0.429. The number of piperazine rings is 1. The highest BCUT2D eigenvalue weighted by molar-refractivity contribution is 5.98. The molecule has 36 heavy (non-hydrogen) atoms. The quantitative estimate of drug-likeness (QED) is 0.526. The first-order chi connectivity index (χ1) is 17.4. The third kappa shape index (κ3) is 4.35. The van der Waals surface area contributed by atoms with Crippen LogP contribution in [0.3, 0.4) is 0 Å². The summed E-state index contributed by atoms with van der Waals surface area (Å²) in [5.74, 6) is 0.667. The van der Waals surface area contributed by atoms with E-state index in [1.807, 2.05) is 43.3 Å². The monoisotopic (exact) mass is 483 g/mol. The van der Waals surface area contributed by atoms with Crippen molar-refractivity contribution in [3.05, 3.63) is 60.6 Å². The van der Waals surface area contributed by atoms with Crippen molar-refractivity contribution in [3.63, 3.8) is 0 Å². The number of anilines is 3. The number of rotatable bonds is 7. The summed E-state index contributed by atoms with van der Waals surface area (Å²) in [5.41, 5.74) is 4.66. The normalized spacial score (nSPS) is 25.5. The smallest absolute Gasteiger partial charge is 0.230 e. The SMILES string of the molecule is Cc1ccc(NC(=O)C23CC(CN4CCN(C)CC4)(C2)C3)cc1Nc1nccc(-c2cccnc2)n1. The highest BCUT2D eigenvalue weighted by atomic mass is 16.2. The van der Waals surface area contributed by atoms with Crippen LogP contribution in [0.4, 0.5) is 17.3 Å². The molecule has 1 amide bonds. The molecule has 2 N–H and O–H groups in total. The lowest BCUT2D eigenvalue weighted by Crippen LogP contribution is -2.70. The molecule has 8 nitrogen and oxygen atoms in total. The Bertz CT molecular complexity index is 1250. The van der Waals surface area contributed by atoms with Crippen LogP contribution in [0, 0.1) is 17.8 Å². The second-order valence-corrected chi connectivity index (χ2v) is 11.0. The van der Waals surface area contributed by atoms with Gasteiger partial charge in [-0.2, -0.15) is 0 Å². The predicted octanol–water partition coefficient (Wildman–Crippen LogP) is 3.95. The van der Waals surface area contributed by atoms with Gasteiger partial charge in [0.25, 0.3) is 0 Å². The number of benzene rings is 1. The van der Waals surface area contributed by atoms with E-state index in [0.717, 1.165) is 80.2 Å². The molecule has 3 aliphatic carbocycles. The molecule has 0 spiro atoms. The summed E-state index contributed by atoms with van der Waals surface area (Å²) in [7, 11) is 2.19. The minimum atomic E-state index is -0.174. The number of nitrogens with one attached hydrogen (secondary N) is 2. The molecule has 3 heterocycles. The van der Waals surface area contributed by atoms with Gasteiger partial charge in [-0.3, -0.25) is 9.78 Å². The van der Waals surface area contributed by atoms with Crippen molar-refractivity contribution >= 4 is 23.2 Å². The Hall–Kier alpha value is -3.36. The van der Waals surface area contributed by atoms with Crippen molar-refractivity contribution in [2.45, 2.75) is 26.2 Å². The van der Waals surface area contributed by atoms with Crippen molar-refractivity contribution in [2.24, 2.45) is 10.8 Å². The van der Waals surface area contributed by atoms with E-state index in [-0.39, 0.29) is 11.3 Å². The molecule has 3 saturated carbocycles. The number of hydrogen-bond donors (Lipinski definition) is 2. The van der Waals surface area contributed by atoms with E-state index in [4.69, 9.17) is 0 Å². The van der Waals surface area contributed by atoms with Crippen LogP contribution >= 0.6 is 0 Å². The fourth-order valence-corrected chi connectivity index (χ4v) is 6.20. The Morgan fingerprint density at radius 1 is 1.06 bits per heavy atom. The Kier molecular flexibility index (Phi) is 5.73. The molecule has 186 valence electrons. The van der Waals surface area contributed by atoms with Gasteiger partial charge in [-0.15, -0.1) is 0 Å². The molecule has 8 heteroatoms. The first-order valence-electron chi connectivity index (χ1n) is 12.8. The number of hydrogen-bond acceptors (Lipinski definition) is 7. The Labute approximate surface area is 212 Å². The lowest BCUT2D eigenvalue weighted by atomic mass is 9.34. The summed E-state index contributed by atoms with van der Waals surface area (Å²) in [4.78, 5) is 31.4. The van der Waals surface area contributed by atoms with Crippen molar-refractivity contribution in [1.29, 1.82) is 0 Å². The highest BCUT2D eigenvalue weighted by Crippen LogP contribution is 2.73. The zero-order chi connectivity index (χ0) is 24.8. The number of nitrogens with zero attached hydrogens (tertiary/aromatic N) is 5. The number of carbonyl (C=O) groups excluding carboxylic acids is 1. The van der Waals surface area contributed by atoms with Crippen LogP contribution in [0.15, 0.2) is 55.0 Å². The van der Waals surface area contributed by atoms with Gasteiger partial charge in [-0.25, -0.2) is 9.97 Å². The number of likely N-dealkylation sites (N-methyl/N-ethyl adjacent to an activating group) is 1. The van der Waals surface area contributed by atoms with Gasteiger partial charge in [-0.05, 0) is 74.5 Å². The molecule has 0 atom stereocenters. The van der Waals surface area contributed by atoms with Gasteiger partial charge < -0.3 is 20.4 Å². The maximum atomic E-state index is 13.2. The second kappa shape index (κ2) is 8.94. The Morgan fingerprint density at radius 3 is 2.61 bits per heavy atom. The number of amides is 1. The van der Waals surface area contributed by atoms with Crippen molar-refractivity contribution in [3.8, 4) is 11.3 Å². The largest absolute Gasteiger partial charge is 0.326 e. The maximum Gasteiger partial charge on any atom is 0.230 e. The van der Waals surface area contributed by atoms with E-state index in [1.165, 1.54) is 0 Å². The van der Waals surface area contributed by atoms with E-state index in [1.54, 1.807) is 18.6 Å². The average Bonchev–Trinajstić information content (AvgIpc) is 2.84. The molecule has 1 aliphatic heterocycles. The molecule has 2 aromatic heterocycles. The molecule has 4 aliphatic rings. The number of pyridine rings is 1. The van der Waals surface area contributed by atoms with E-state index >= 15 is 0 Å². The minimum absolute atomic E-state index is 0.160. The van der Waals surface area contributed by atoms with Gasteiger partial charge in [-0.1, -0.05) is 6.07 Å². The summed E-state index contributed by atoms with van der Waals surface area (Å²) in [5, 5.41) is 6.52. The lowest BCUT2D eigenvalue weighted by molar-refractivity contribution is -0.210. The predicted molar refractivity (Wildman–Crippen MR) is 141 cm³/mol. The fourth-order valence-electron chi connectivity index (χ4n) is 6.20. The van der Waals surface area contributed by atoms with Crippen LogP contribution in [0.2, 0.25) is 0 Å². The zero-order valence-corrected chi connectivity index (χ0v) is 21.0. The minimum Gasteiger partial charge on any atom is -0.326 e. The molecule has 2 bridgehead atoms. The molecule has 1 saturated heterocycles. The van der Waals surface area contributed by atoms with Crippen molar-refractivity contribution in [1.82, 2.24) is 24.8 Å². The first kappa shape index (κ1) is 23.1. The van der Waals surface area contributed by atoms with Crippen LogP contribution in [-0.2, 0) is 4.79 Å². The summed E-state index contributed by atoms with van der Waals surface area (Å²) in [6, 6.07) is 11.7. The molecule has 7 rings (SSSR count). The number of carbonyl (C=O) groups is 1. The molecular formula is C28H33N7O. The highest BCUT2D eigenvalue weighted by Gasteiger charge is 2.71. The maximum absolute atomic E-state index is 13.2. The first-order valence-corrected chi connectivity index (χ1v) is 12.8. The molecule has 1 aromatic carbocycles. The zero-order valence-electron chi connectivity index (χ0n) is 21.0. The van der Waals surface area contributed by atoms with Crippen LogP contribution < -0.4 is 10.6 Å². The molecular weight excluding hydrogens is 450 g/mol. The van der Waals surface area contributed by atoms with Gasteiger partial charge >= 0.3 is 0 Å². The number of aromatic nitrogens is 3. The van der Waals surface area contributed by atoms with Gasteiger partial charge in [0, 0.05) is 68.3 Å². The summed E-state index contributed by atoms with van der Waals surface area (Å²) >= 11 is 0. The van der Waals surface area contributed by atoms with E-state index in [2.05, 4.69) is 42.4 Å². The standard InChI is InChI=1S/C28H33N7O/c1-20-5-6-22(14-24(20)33-26-30-9-7-23(32-26)21-4-3-8-29-15-21)31-25(36)28-16-27(17-28,18-28)19-35-12-10-34(2)11-13-35/h3-9,14-15H,10-13,16-19H2,1-2H3,(H,31,36)(H,30,32,33). The van der Waals surface area contributed by atoms with Gasteiger partial charge in [0.2, 0.25) is 11.9 Å². The number of aryl methyl sites for hydroxylation is 1. The topological polar surface area (TPSA) is 86.3 Å². The lowest BCUT2D eigenvalue weighted by Gasteiger charge is -2.70. The van der Waals surface area contributed by atoms with Crippen LogP contribution in [-0.4, -0.2) is 70.4 Å². The summed E-state index contributed by atoms with van der Waals surface area (Å²) in [6.07, 6.45) is 8.32. The van der Waals surface area contributed by atoms with Gasteiger partial charge in [0.1, 0.15) is 0 Å². The van der Waals surface area contributed by atoms with Crippen LogP contribution in [0.5, 0.6) is 0 Å². The molecule has 4 fully saturated rings. The van der Waals surface area contributed by atoms with Gasteiger partial charge in [0.15, 0.2) is 0 Å². The Balaban J connectivity index is 1.08. The second-order valence-electron chi connectivity index (χ2n) is 11.0. The summed E-state index contributed by atoms with van der Waals surface area (Å²) < 4.78 is 0.